The topological polar surface area (TPSA) is 64.1 Å². The highest BCUT2D eigenvalue weighted by atomic mass is 16.5. The molecule has 0 fully saturated rings. The molecular formula is C22H17N3O2. The van der Waals surface area contributed by atoms with Gasteiger partial charge in [-0.1, -0.05) is 30.3 Å². The van der Waals surface area contributed by atoms with Crippen LogP contribution in [0.1, 0.15) is 16.1 Å². The summed E-state index contributed by atoms with van der Waals surface area (Å²) in [6.07, 6.45) is 0. The molecule has 4 rings (SSSR count). The van der Waals surface area contributed by atoms with Crippen LogP contribution in [0.15, 0.2) is 78.9 Å². The second kappa shape index (κ2) is 7.25. The van der Waals surface area contributed by atoms with Crippen LogP contribution >= 0.6 is 0 Å². The van der Waals surface area contributed by atoms with Gasteiger partial charge in [0.05, 0.1) is 5.69 Å². The van der Waals surface area contributed by atoms with E-state index in [1.807, 2.05) is 55.5 Å². The summed E-state index contributed by atoms with van der Waals surface area (Å²) in [5.41, 5.74) is 2.13. The van der Waals surface area contributed by atoms with Crippen LogP contribution < -0.4 is 10.1 Å². The van der Waals surface area contributed by atoms with Crippen LogP contribution in [0, 0.1) is 6.92 Å². The van der Waals surface area contributed by atoms with Crippen molar-refractivity contribution >= 4 is 22.4 Å². The number of nitrogens with one attached hydrogen (secondary N) is 1. The van der Waals surface area contributed by atoms with E-state index >= 15 is 0 Å². The summed E-state index contributed by atoms with van der Waals surface area (Å²) < 4.78 is 5.64. The van der Waals surface area contributed by atoms with Crippen molar-refractivity contribution in [1.82, 2.24) is 10.2 Å². The number of nitrogens with zero attached hydrogens (tertiary/aromatic N) is 2. The van der Waals surface area contributed by atoms with E-state index in [1.54, 1.807) is 30.3 Å². The smallest absolute Gasteiger partial charge is 0.255 e. The molecule has 1 N–H and O–H groups in total. The number of amides is 1. The molecular weight excluding hydrogens is 338 g/mol. The molecule has 1 aromatic heterocycles. The molecule has 0 saturated heterocycles. The fourth-order valence-corrected chi connectivity index (χ4v) is 2.70. The van der Waals surface area contributed by atoms with Crippen LogP contribution in [0.3, 0.4) is 0 Å². The summed E-state index contributed by atoms with van der Waals surface area (Å²) in [5, 5.41) is 13.0. The molecule has 0 aliphatic carbocycles. The van der Waals surface area contributed by atoms with E-state index in [0.29, 0.717) is 22.9 Å². The molecule has 5 nitrogen and oxygen atoms in total. The molecule has 1 heterocycles. The molecule has 0 atom stereocenters. The Morgan fingerprint density at radius 2 is 1.63 bits per heavy atom. The molecule has 4 aromatic rings. The Hall–Kier alpha value is -3.73. The van der Waals surface area contributed by atoms with Gasteiger partial charge < -0.3 is 10.1 Å². The molecule has 5 heteroatoms. The summed E-state index contributed by atoms with van der Waals surface area (Å²) in [4.78, 5) is 12.5. The van der Waals surface area contributed by atoms with E-state index in [0.717, 1.165) is 16.5 Å². The predicted octanol–water partition coefficient (Wildman–Crippen LogP) is 4.98. The zero-order chi connectivity index (χ0) is 18.6. The first-order valence-corrected chi connectivity index (χ1v) is 8.56. The minimum atomic E-state index is -0.154. The monoisotopic (exact) mass is 355 g/mol. The number of benzene rings is 3. The van der Waals surface area contributed by atoms with Crippen molar-refractivity contribution in [3.63, 3.8) is 0 Å². The van der Waals surface area contributed by atoms with Crippen LogP contribution in [0.2, 0.25) is 0 Å². The molecule has 1 amide bonds. The molecule has 0 unspecified atom stereocenters. The number of carbonyl (C=O) groups excluding carboxylic acids is 1. The van der Waals surface area contributed by atoms with Crippen molar-refractivity contribution in [2.45, 2.75) is 6.92 Å². The van der Waals surface area contributed by atoms with E-state index in [2.05, 4.69) is 15.5 Å². The SMILES string of the molecule is Cc1ccc(Oc2ccc(NC(=O)c3ccc4ccccc4c3)cc2)nn1. The number of aryl methyl sites for hydroxylation is 1. The Morgan fingerprint density at radius 1 is 0.852 bits per heavy atom. The summed E-state index contributed by atoms with van der Waals surface area (Å²) in [6.45, 7) is 1.86. The number of hydrogen-bond acceptors (Lipinski definition) is 4. The van der Waals surface area contributed by atoms with Crippen LogP contribution in [0.5, 0.6) is 11.6 Å². The average Bonchev–Trinajstić information content (AvgIpc) is 2.71. The maximum Gasteiger partial charge on any atom is 0.255 e. The molecule has 132 valence electrons. The highest BCUT2D eigenvalue weighted by Crippen LogP contribution is 2.22. The molecule has 0 aliphatic heterocycles. The lowest BCUT2D eigenvalue weighted by molar-refractivity contribution is 0.102. The highest BCUT2D eigenvalue weighted by Gasteiger charge is 2.07. The Labute approximate surface area is 156 Å². The van der Waals surface area contributed by atoms with Gasteiger partial charge in [-0.3, -0.25) is 4.79 Å². The van der Waals surface area contributed by atoms with E-state index < -0.39 is 0 Å². The normalized spacial score (nSPS) is 10.6. The standard InChI is InChI=1S/C22H17N3O2/c1-15-6-13-21(25-24-15)27-20-11-9-19(10-12-20)23-22(26)18-8-7-16-4-2-3-5-17(16)14-18/h2-14H,1H3,(H,23,26). The van der Waals surface area contributed by atoms with Crippen molar-refractivity contribution in [3.8, 4) is 11.6 Å². The molecule has 0 saturated carbocycles. The first-order chi connectivity index (χ1) is 13.2. The summed E-state index contributed by atoms with van der Waals surface area (Å²) in [7, 11) is 0. The second-order valence-corrected chi connectivity index (χ2v) is 6.16. The van der Waals surface area contributed by atoms with Gasteiger partial charge >= 0.3 is 0 Å². The van der Waals surface area contributed by atoms with Crippen molar-refractivity contribution in [1.29, 1.82) is 0 Å². The van der Waals surface area contributed by atoms with Gasteiger partial charge in [-0.05, 0) is 60.2 Å². The minimum Gasteiger partial charge on any atom is -0.438 e. The van der Waals surface area contributed by atoms with Gasteiger partial charge in [0.2, 0.25) is 5.88 Å². The fourth-order valence-electron chi connectivity index (χ4n) is 2.70. The Kier molecular flexibility index (Phi) is 4.49. The lowest BCUT2D eigenvalue weighted by Gasteiger charge is -2.08. The number of aromatic nitrogens is 2. The van der Waals surface area contributed by atoms with Gasteiger partial charge in [-0.15, -0.1) is 5.10 Å². The quantitative estimate of drug-likeness (QED) is 0.560. The number of rotatable bonds is 4. The van der Waals surface area contributed by atoms with Gasteiger partial charge in [0.25, 0.3) is 5.91 Å². The maximum atomic E-state index is 12.5. The van der Waals surface area contributed by atoms with Gasteiger partial charge in [-0.2, -0.15) is 5.10 Å². The first-order valence-electron chi connectivity index (χ1n) is 8.56. The zero-order valence-corrected chi connectivity index (χ0v) is 14.7. The predicted molar refractivity (Wildman–Crippen MR) is 105 cm³/mol. The number of ether oxygens (including phenoxy) is 1. The molecule has 3 aromatic carbocycles. The third-order valence-electron chi connectivity index (χ3n) is 4.12. The van der Waals surface area contributed by atoms with Crippen molar-refractivity contribution in [3.05, 3.63) is 90.1 Å². The van der Waals surface area contributed by atoms with Crippen molar-refractivity contribution in [2.24, 2.45) is 0 Å². The molecule has 0 spiro atoms. The Morgan fingerprint density at radius 3 is 2.37 bits per heavy atom. The lowest BCUT2D eigenvalue weighted by atomic mass is 10.1. The van der Waals surface area contributed by atoms with Crippen LogP contribution in [0.25, 0.3) is 10.8 Å². The van der Waals surface area contributed by atoms with Crippen molar-refractivity contribution in [2.75, 3.05) is 5.32 Å². The van der Waals surface area contributed by atoms with E-state index in [9.17, 15) is 4.79 Å². The molecule has 0 bridgehead atoms. The van der Waals surface area contributed by atoms with Gasteiger partial charge in [-0.25, -0.2) is 0 Å². The lowest BCUT2D eigenvalue weighted by Crippen LogP contribution is -2.11. The van der Waals surface area contributed by atoms with Gasteiger partial charge in [0, 0.05) is 17.3 Å². The first kappa shape index (κ1) is 16.7. The molecule has 0 radical (unpaired) electrons. The fraction of sp³-hybridized carbons (Fsp3) is 0.0455. The Bertz CT molecular complexity index is 1090. The summed E-state index contributed by atoms with van der Waals surface area (Å²) >= 11 is 0. The minimum absolute atomic E-state index is 0.154. The highest BCUT2D eigenvalue weighted by molar-refractivity contribution is 6.06. The summed E-state index contributed by atoms with van der Waals surface area (Å²) in [6, 6.07) is 24.3. The molecule has 0 aliphatic rings. The van der Waals surface area contributed by atoms with Crippen LogP contribution in [-0.4, -0.2) is 16.1 Å². The van der Waals surface area contributed by atoms with Crippen LogP contribution in [0.4, 0.5) is 5.69 Å². The number of hydrogen-bond donors (Lipinski definition) is 1. The third kappa shape index (κ3) is 3.93. The average molecular weight is 355 g/mol. The number of carbonyl (C=O) groups is 1. The third-order valence-corrected chi connectivity index (χ3v) is 4.12. The largest absolute Gasteiger partial charge is 0.438 e. The van der Waals surface area contributed by atoms with Crippen molar-refractivity contribution < 1.29 is 9.53 Å². The van der Waals surface area contributed by atoms with Gasteiger partial charge in [0.15, 0.2) is 0 Å². The maximum absolute atomic E-state index is 12.5. The second-order valence-electron chi connectivity index (χ2n) is 6.16. The zero-order valence-electron chi connectivity index (χ0n) is 14.7. The van der Waals surface area contributed by atoms with E-state index in [1.165, 1.54) is 0 Å². The van der Waals surface area contributed by atoms with E-state index in [4.69, 9.17) is 4.74 Å². The van der Waals surface area contributed by atoms with Crippen LogP contribution in [-0.2, 0) is 0 Å². The number of fused-ring (bicyclic) bond motifs is 1. The summed E-state index contributed by atoms with van der Waals surface area (Å²) in [5.74, 6) is 0.893. The Balaban J connectivity index is 1.45. The van der Waals surface area contributed by atoms with Gasteiger partial charge in [0.1, 0.15) is 5.75 Å². The molecule has 27 heavy (non-hydrogen) atoms. The van der Waals surface area contributed by atoms with E-state index in [-0.39, 0.29) is 5.91 Å². The number of anilines is 1.